The van der Waals surface area contributed by atoms with Gasteiger partial charge in [-0.2, -0.15) is 0 Å². The highest BCUT2D eigenvalue weighted by Crippen LogP contribution is 2.35. The Kier molecular flexibility index (Phi) is 5.62. The number of anilines is 1. The van der Waals surface area contributed by atoms with Gasteiger partial charge in [-0.3, -0.25) is 5.41 Å². The van der Waals surface area contributed by atoms with Crippen LogP contribution in [-0.4, -0.2) is 30.1 Å². The van der Waals surface area contributed by atoms with Crippen LogP contribution in [0, 0.1) is 5.41 Å². The van der Waals surface area contributed by atoms with Crippen molar-refractivity contribution in [3.8, 4) is 16.9 Å². The lowest BCUT2D eigenvalue weighted by Gasteiger charge is -2.23. The van der Waals surface area contributed by atoms with Gasteiger partial charge in [0.1, 0.15) is 11.6 Å². The standard InChI is InChI=1S/C25H25N3O3/c1-2-31-19-8-9-20(21-5-3-4-6-22(21)25(29)30)18(14-19)15-28-12-11-16-13-17(24(26)27)7-10-23(16)28/h3-10,13-14H,2,11-12,15H2,1H3,(H3,26,27)(H,29,30). The van der Waals surface area contributed by atoms with E-state index in [2.05, 4.69) is 4.90 Å². The van der Waals surface area contributed by atoms with Crippen molar-refractivity contribution in [2.45, 2.75) is 19.9 Å². The summed E-state index contributed by atoms with van der Waals surface area (Å²) in [5.74, 6) is -0.114. The van der Waals surface area contributed by atoms with Gasteiger partial charge in [-0.05, 0) is 72.0 Å². The maximum absolute atomic E-state index is 11.8. The van der Waals surface area contributed by atoms with Gasteiger partial charge in [0.15, 0.2) is 0 Å². The number of carboxylic acids is 1. The minimum Gasteiger partial charge on any atom is -0.494 e. The molecule has 0 radical (unpaired) electrons. The molecule has 0 bridgehead atoms. The number of nitrogens with two attached hydrogens (primary N) is 1. The van der Waals surface area contributed by atoms with Gasteiger partial charge in [0.2, 0.25) is 0 Å². The predicted molar refractivity (Wildman–Crippen MR) is 122 cm³/mol. The number of nitrogen functional groups attached to an aromatic ring is 1. The van der Waals surface area contributed by atoms with Crippen LogP contribution in [0.4, 0.5) is 5.69 Å². The Morgan fingerprint density at radius 3 is 2.68 bits per heavy atom. The number of aromatic carboxylic acids is 1. The predicted octanol–water partition coefficient (Wildman–Crippen LogP) is 4.30. The topological polar surface area (TPSA) is 99.6 Å². The lowest BCUT2D eigenvalue weighted by atomic mass is 9.94. The van der Waals surface area contributed by atoms with Crippen molar-refractivity contribution in [2.75, 3.05) is 18.1 Å². The highest BCUT2D eigenvalue weighted by molar-refractivity contribution is 5.97. The smallest absolute Gasteiger partial charge is 0.336 e. The summed E-state index contributed by atoms with van der Waals surface area (Å²) in [4.78, 5) is 14.1. The van der Waals surface area contributed by atoms with E-state index in [-0.39, 0.29) is 11.4 Å². The molecule has 0 atom stereocenters. The summed E-state index contributed by atoms with van der Waals surface area (Å²) < 4.78 is 5.72. The number of amidine groups is 1. The summed E-state index contributed by atoms with van der Waals surface area (Å²) >= 11 is 0. The van der Waals surface area contributed by atoms with E-state index in [9.17, 15) is 9.90 Å². The fraction of sp³-hybridized carbons (Fsp3) is 0.200. The molecule has 0 fully saturated rings. The summed E-state index contributed by atoms with van der Waals surface area (Å²) in [6, 6.07) is 18.8. The van der Waals surface area contributed by atoms with E-state index in [1.807, 2.05) is 55.5 Å². The van der Waals surface area contributed by atoms with Crippen molar-refractivity contribution in [1.82, 2.24) is 0 Å². The number of benzene rings is 3. The molecule has 0 unspecified atom stereocenters. The molecule has 158 valence electrons. The van der Waals surface area contributed by atoms with Crippen molar-refractivity contribution in [1.29, 1.82) is 5.41 Å². The minimum absolute atomic E-state index is 0.0678. The lowest BCUT2D eigenvalue weighted by molar-refractivity contribution is 0.0697. The molecular formula is C25H25N3O3. The van der Waals surface area contributed by atoms with Crippen molar-refractivity contribution in [2.24, 2.45) is 5.73 Å². The number of carboxylic acid groups (broad SMARTS) is 1. The van der Waals surface area contributed by atoms with Crippen molar-refractivity contribution in [3.63, 3.8) is 0 Å². The van der Waals surface area contributed by atoms with Gasteiger partial charge in [0.05, 0.1) is 12.2 Å². The molecular weight excluding hydrogens is 390 g/mol. The van der Waals surface area contributed by atoms with Crippen molar-refractivity contribution < 1.29 is 14.6 Å². The van der Waals surface area contributed by atoms with Gasteiger partial charge in [0.25, 0.3) is 0 Å². The molecule has 6 nitrogen and oxygen atoms in total. The molecule has 3 aromatic rings. The number of fused-ring (bicyclic) bond motifs is 1. The minimum atomic E-state index is -0.946. The Labute approximate surface area is 181 Å². The molecule has 0 amide bonds. The first-order valence-corrected chi connectivity index (χ1v) is 10.3. The number of rotatable bonds is 7. The van der Waals surface area contributed by atoms with Crippen LogP contribution < -0.4 is 15.4 Å². The number of nitrogens with zero attached hydrogens (tertiary/aromatic N) is 1. The summed E-state index contributed by atoms with van der Waals surface area (Å²) in [5, 5.41) is 17.4. The third kappa shape index (κ3) is 4.10. The van der Waals surface area contributed by atoms with Crippen LogP contribution in [0.2, 0.25) is 0 Å². The number of hydrogen-bond acceptors (Lipinski definition) is 4. The van der Waals surface area contributed by atoms with Gasteiger partial charge in [-0.15, -0.1) is 0 Å². The van der Waals surface area contributed by atoms with Crippen LogP contribution >= 0.6 is 0 Å². The molecule has 0 aliphatic carbocycles. The monoisotopic (exact) mass is 415 g/mol. The molecule has 0 aromatic heterocycles. The zero-order valence-electron chi connectivity index (χ0n) is 17.4. The summed E-state index contributed by atoms with van der Waals surface area (Å²) in [6.07, 6.45) is 0.878. The zero-order chi connectivity index (χ0) is 22.0. The van der Waals surface area contributed by atoms with Gasteiger partial charge in [0, 0.05) is 24.3 Å². The quantitative estimate of drug-likeness (QED) is 0.395. The second-order valence-corrected chi connectivity index (χ2v) is 7.53. The molecule has 1 aliphatic heterocycles. The molecule has 3 aromatic carbocycles. The molecule has 1 heterocycles. The van der Waals surface area contributed by atoms with Crippen LogP contribution in [0.3, 0.4) is 0 Å². The van der Waals surface area contributed by atoms with Crippen LogP contribution in [0.25, 0.3) is 11.1 Å². The van der Waals surface area contributed by atoms with Gasteiger partial charge >= 0.3 is 5.97 Å². The first-order valence-electron chi connectivity index (χ1n) is 10.3. The zero-order valence-corrected chi connectivity index (χ0v) is 17.4. The SMILES string of the molecule is CCOc1ccc(-c2ccccc2C(=O)O)c(CN2CCc3cc(C(=N)N)ccc32)c1. The molecule has 0 spiro atoms. The fourth-order valence-corrected chi connectivity index (χ4v) is 4.13. The largest absolute Gasteiger partial charge is 0.494 e. The Morgan fingerprint density at radius 2 is 1.94 bits per heavy atom. The molecule has 0 saturated carbocycles. The number of hydrogen-bond donors (Lipinski definition) is 3. The van der Waals surface area contributed by atoms with Crippen molar-refractivity contribution >= 4 is 17.5 Å². The second-order valence-electron chi connectivity index (χ2n) is 7.53. The molecule has 1 aliphatic rings. The Bertz CT molecular complexity index is 1160. The average Bonchev–Trinajstić information content (AvgIpc) is 3.16. The molecule has 6 heteroatoms. The Balaban J connectivity index is 1.75. The maximum Gasteiger partial charge on any atom is 0.336 e. The van der Waals surface area contributed by atoms with E-state index >= 15 is 0 Å². The first kappa shape index (κ1) is 20.5. The summed E-state index contributed by atoms with van der Waals surface area (Å²) in [7, 11) is 0. The number of nitrogens with one attached hydrogen (secondary N) is 1. The van der Waals surface area contributed by atoms with E-state index in [1.165, 1.54) is 5.56 Å². The van der Waals surface area contributed by atoms with Crippen LogP contribution in [0.5, 0.6) is 5.75 Å². The van der Waals surface area contributed by atoms with E-state index < -0.39 is 5.97 Å². The Morgan fingerprint density at radius 1 is 1.13 bits per heavy atom. The first-order chi connectivity index (χ1) is 15.0. The summed E-state index contributed by atoms with van der Waals surface area (Å²) in [6.45, 7) is 3.97. The van der Waals surface area contributed by atoms with Crippen LogP contribution in [0.1, 0.15) is 34.0 Å². The fourth-order valence-electron chi connectivity index (χ4n) is 4.13. The molecule has 31 heavy (non-hydrogen) atoms. The average molecular weight is 415 g/mol. The highest BCUT2D eigenvalue weighted by Gasteiger charge is 2.22. The lowest BCUT2D eigenvalue weighted by Crippen LogP contribution is -2.20. The number of carbonyl (C=O) groups is 1. The van der Waals surface area contributed by atoms with E-state index in [0.717, 1.165) is 41.1 Å². The Hall–Kier alpha value is -3.80. The number of ether oxygens (including phenoxy) is 1. The highest BCUT2D eigenvalue weighted by atomic mass is 16.5. The van der Waals surface area contributed by atoms with Crippen molar-refractivity contribution in [3.05, 3.63) is 82.9 Å². The normalized spacial score (nSPS) is 12.5. The molecule has 4 N–H and O–H groups in total. The second kappa shape index (κ2) is 8.52. The third-order valence-electron chi connectivity index (χ3n) is 5.58. The third-order valence-corrected chi connectivity index (χ3v) is 5.58. The van der Waals surface area contributed by atoms with E-state index in [1.54, 1.807) is 12.1 Å². The molecule has 4 rings (SSSR count). The van der Waals surface area contributed by atoms with E-state index in [4.69, 9.17) is 15.9 Å². The van der Waals surface area contributed by atoms with E-state index in [0.29, 0.717) is 18.7 Å². The maximum atomic E-state index is 11.8. The molecule has 0 saturated heterocycles. The summed E-state index contributed by atoms with van der Waals surface area (Å²) in [5.41, 5.74) is 11.5. The van der Waals surface area contributed by atoms with Crippen LogP contribution in [0.15, 0.2) is 60.7 Å². The van der Waals surface area contributed by atoms with Gasteiger partial charge in [-0.1, -0.05) is 24.3 Å². The van der Waals surface area contributed by atoms with Crippen LogP contribution in [-0.2, 0) is 13.0 Å². The van der Waals surface area contributed by atoms with Gasteiger partial charge in [-0.25, -0.2) is 4.79 Å². The van der Waals surface area contributed by atoms with Gasteiger partial charge < -0.3 is 20.5 Å².